The summed E-state index contributed by atoms with van der Waals surface area (Å²) in [4.78, 5) is 19.2. The topological polar surface area (TPSA) is 71.0 Å². The fourth-order valence-corrected chi connectivity index (χ4v) is 4.87. The summed E-state index contributed by atoms with van der Waals surface area (Å²) in [5, 5.41) is 12.1. The van der Waals surface area contributed by atoms with Gasteiger partial charge in [0.15, 0.2) is 5.82 Å². The molecule has 1 aromatic carbocycles. The highest BCUT2D eigenvalue weighted by Gasteiger charge is 2.23. The number of hydrogen-bond donors (Lipinski definition) is 1. The van der Waals surface area contributed by atoms with Gasteiger partial charge in [-0.05, 0) is 68.4 Å². The molecule has 1 N–H and O–H groups in total. The van der Waals surface area contributed by atoms with Gasteiger partial charge in [0.05, 0.1) is 21.4 Å². The van der Waals surface area contributed by atoms with Gasteiger partial charge in [0.25, 0.3) is 5.91 Å². The van der Waals surface area contributed by atoms with E-state index in [0.717, 1.165) is 54.8 Å². The molecular formula is C21H23N5OS. The first-order valence-electron chi connectivity index (χ1n) is 10.0. The zero-order valence-corrected chi connectivity index (χ0v) is 16.5. The monoisotopic (exact) mass is 393 g/mol. The first-order valence-corrected chi connectivity index (χ1v) is 10.9. The number of aromatic nitrogens is 3. The van der Waals surface area contributed by atoms with Gasteiger partial charge < -0.3 is 10.2 Å². The van der Waals surface area contributed by atoms with Gasteiger partial charge in [-0.1, -0.05) is 0 Å². The number of fused-ring (bicyclic) bond motifs is 2. The molecule has 2 aliphatic rings. The summed E-state index contributed by atoms with van der Waals surface area (Å²) in [6.45, 7) is 1.79. The molecule has 3 aromatic rings. The summed E-state index contributed by atoms with van der Waals surface area (Å²) in [6.07, 6.45) is 6.50. The van der Waals surface area contributed by atoms with E-state index in [1.807, 2.05) is 23.7 Å². The zero-order chi connectivity index (χ0) is 18.9. The van der Waals surface area contributed by atoms with Crippen LogP contribution >= 0.6 is 11.3 Å². The number of nitrogens with one attached hydrogen (secondary N) is 1. The zero-order valence-electron chi connectivity index (χ0n) is 15.7. The Bertz CT molecular complexity index is 1010. The van der Waals surface area contributed by atoms with E-state index in [-0.39, 0.29) is 11.9 Å². The molecule has 6 nitrogen and oxygen atoms in total. The van der Waals surface area contributed by atoms with Crippen molar-refractivity contribution in [3.05, 3.63) is 46.6 Å². The SMILES string of the molecule is O=C(NC1CCN(c2cc3c(nn2)CCCC3)CC1)c1ccc2ncsc2c1. The Morgan fingerprint density at radius 2 is 1.96 bits per heavy atom. The minimum Gasteiger partial charge on any atom is -0.355 e. The van der Waals surface area contributed by atoms with Crippen LogP contribution in [0.4, 0.5) is 5.82 Å². The average Bonchev–Trinajstić information content (AvgIpc) is 3.22. The van der Waals surface area contributed by atoms with Crippen LogP contribution in [0.5, 0.6) is 0 Å². The molecule has 1 amide bonds. The average molecular weight is 394 g/mol. The molecule has 5 rings (SSSR count). The van der Waals surface area contributed by atoms with Crippen molar-refractivity contribution >= 4 is 33.3 Å². The third kappa shape index (κ3) is 3.46. The summed E-state index contributed by atoms with van der Waals surface area (Å²) < 4.78 is 1.05. The van der Waals surface area contributed by atoms with Crippen molar-refractivity contribution in [1.29, 1.82) is 0 Å². The van der Waals surface area contributed by atoms with Gasteiger partial charge in [-0.15, -0.1) is 16.4 Å². The smallest absolute Gasteiger partial charge is 0.251 e. The number of anilines is 1. The number of carbonyl (C=O) groups excluding carboxylic acids is 1. The maximum absolute atomic E-state index is 12.6. The van der Waals surface area contributed by atoms with E-state index in [1.54, 1.807) is 11.3 Å². The van der Waals surface area contributed by atoms with Crippen LogP contribution in [0.25, 0.3) is 10.2 Å². The molecule has 0 radical (unpaired) electrons. The molecule has 144 valence electrons. The largest absolute Gasteiger partial charge is 0.355 e. The summed E-state index contributed by atoms with van der Waals surface area (Å²) >= 11 is 1.56. The normalized spacial score (nSPS) is 17.5. The van der Waals surface area contributed by atoms with E-state index in [2.05, 4.69) is 31.5 Å². The minimum absolute atomic E-state index is 0.00215. The van der Waals surface area contributed by atoms with Crippen LogP contribution in [-0.4, -0.2) is 40.2 Å². The Morgan fingerprint density at radius 3 is 2.86 bits per heavy atom. The molecule has 1 fully saturated rings. The highest BCUT2D eigenvalue weighted by Crippen LogP contribution is 2.24. The molecule has 28 heavy (non-hydrogen) atoms. The number of nitrogens with zero attached hydrogens (tertiary/aromatic N) is 4. The molecular weight excluding hydrogens is 370 g/mol. The molecule has 7 heteroatoms. The van der Waals surface area contributed by atoms with Crippen LogP contribution in [0, 0.1) is 0 Å². The predicted octanol–water partition coefficient (Wildman–Crippen LogP) is 3.36. The third-order valence-corrected chi connectivity index (χ3v) is 6.60. The quantitative estimate of drug-likeness (QED) is 0.739. The molecule has 1 aliphatic carbocycles. The van der Waals surface area contributed by atoms with Gasteiger partial charge in [-0.3, -0.25) is 4.79 Å². The Balaban J connectivity index is 1.20. The van der Waals surface area contributed by atoms with Crippen LogP contribution in [0.15, 0.2) is 29.8 Å². The first-order chi connectivity index (χ1) is 13.8. The van der Waals surface area contributed by atoms with Gasteiger partial charge in [-0.2, -0.15) is 5.10 Å². The Hall–Kier alpha value is -2.54. The Labute approximate surface area is 168 Å². The second-order valence-electron chi connectivity index (χ2n) is 7.65. The van der Waals surface area contributed by atoms with Crippen molar-refractivity contribution in [3.8, 4) is 0 Å². The molecule has 3 heterocycles. The number of carbonyl (C=O) groups is 1. The van der Waals surface area contributed by atoms with Crippen LogP contribution in [0.1, 0.15) is 47.3 Å². The summed E-state index contributed by atoms with van der Waals surface area (Å²) in [5.41, 5.74) is 6.01. The highest BCUT2D eigenvalue weighted by atomic mass is 32.1. The molecule has 1 saturated heterocycles. The number of thiazole rings is 1. The Kier molecular flexibility index (Phi) is 4.68. The lowest BCUT2D eigenvalue weighted by Gasteiger charge is -2.33. The van der Waals surface area contributed by atoms with E-state index in [4.69, 9.17) is 0 Å². The van der Waals surface area contributed by atoms with E-state index in [0.29, 0.717) is 5.56 Å². The van der Waals surface area contributed by atoms with E-state index >= 15 is 0 Å². The van der Waals surface area contributed by atoms with Crippen molar-refractivity contribution in [2.24, 2.45) is 0 Å². The molecule has 1 aliphatic heterocycles. The van der Waals surface area contributed by atoms with Gasteiger partial charge in [0.1, 0.15) is 0 Å². The summed E-state index contributed by atoms with van der Waals surface area (Å²) in [6, 6.07) is 8.13. The molecule has 0 spiro atoms. The van der Waals surface area contributed by atoms with Crippen molar-refractivity contribution in [3.63, 3.8) is 0 Å². The molecule has 0 bridgehead atoms. The minimum atomic E-state index is 0.00215. The number of hydrogen-bond acceptors (Lipinski definition) is 6. The van der Waals surface area contributed by atoms with E-state index in [9.17, 15) is 4.79 Å². The van der Waals surface area contributed by atoms with E-state index in [1.165, 1.54) is 24.1 Å². The summed E-state index contributed by atoms with van der Waals surface area (Å²) in [7, 11) is 0. The maximum atomic E-state index is 12.6. The van der Waals surface area contributed by atoms with Crippen LogP contribution in [0.2, 0.25) is 0 Å². The molecule has 0 unspecified atom stereocenters. The lowest BCUT2D eigenvalue weighted by Crippen LogP contribution is -2.45. The van der Waals surface area contributed by atoms with E-state index < -0.39 is 0 Å². The second kappa shape index (κ2) is 7.47. The van der Waals surface area contributed by atoms with Crippen LogP contribution in [-0.2, 0) is 12.8 Å². The molecule has 2 aromatic heterocycles. The number of benzene rings is 1. The maximum Gasteiger partial charge on any atom is 0.251 e. The highest BCUT2D eigenvalue weighted by molar-refractivity contribution is 7.16. The predicted molar refractivity (Wildman–Crippen MR) is 111 cm³/mol. The number of amides is 1. The number of rotatable bonds is 3. The van der Waals surface area contributed by atoms with Crippen molar-refractivity contribution in [1.82, 2.24) is 20.5 Å². The fraction of sp³-hybridized carbons (Fsp3) is 0.429. The van der Waals surface area contributed by atoms with Crippen molar-refractivity contribution in [2.75, 3.05) is 18.0 Å². The van der Waals surface area contributed by atoms with Crippen molar-refractivity contribution < 1.29 is 4.79 Å². The number of aryl methyl sites for hydroxylation is 2. The molecule has 0 atom stereocenters. The van der Waals surface area contributed by atoms with Gasteiger partial charge in [0.2, 0.25) is 0 Å². The number of piperidine rings is 1. The lowest BCUT2D eigenvalue weighted by atomic mass is 9.96. The summed E-state index contributed by atoms with van der Waals surface area (Å²) in [5.74, 6) is 0.989. The standard InChI is InChI=1S/C21H23N5OS/c27-21(15-5-6-18-19(11-15)28-13-22-18)23-16-7-9-26(10-8-16)20-12-14-3-1-2-4-17(14)24-25-20/h5-6,11-13,16H,1-4,7-10H2,(H,23,27). The Morgan fingerprint density at radius 1 is 1.11 bits per heavy atom. The van der Waals surface area contributed by atoms with Gasteiger partial charge in [-0.25, -0.2) is 4.98 Å². The first kappa shape index (κ1) is 17.6. The van der Waals surface area contributed by atoms with Crippen molar-refractivity contribution in [2.45, 2.75) is 44.6 Å². The fourth-order valence-electron chi connectivity index (χ4n) is 4.15. The van der Waals surface area contributed by atoms with Gasteiger partial charge in [0, 0.05) is 24.7 Å². The van der Waals surface area contributed by atoms with Crippen LogP contribution in [0.3, 0.4) is 0 Å². The lowest BCUT2D eigenvalue weighted by molar-refractivity contribution is 0.0931. The van der Waals surface area contributed by atoms with Crippen LogP contribution < -0.4 is 10.2 Å². The molecule has 0 saturated carbocycles. The third-order valence-electron chi connectivity index (χ3n) is 5.80. The second-order valence-corrected chi connectivity index (χ2v) is 8.54. The van der Waals surface area contributed by atoms with Gasteiger partial charge >= 0.3 is 0 Å².